The molecular weight excluding hydrogens is 424 g/mol. The van der Waals surface area contributed by atoms with Crippen LogP contribution in [0, 0.1) is 5.82 Å². The molecule has 6 heteroatoms. The Kier molecular flexibility index (Phi) is 5.30. The minimum atomic E-state index is -0.957. The average molecular weight is 438 g/mol. The van der Waals surface area contributed by atoms with E-state index in [1.165, 1.54) is 6.07 Å². The molecule has 0 radical (unpaired) electrons. The molecule has 1 unspecified atom stereocenters. The highest BCUT2D eigenvalue weighted by Gasteiger charge is 2.29. The summed E-state index contributed by atoms with van der Waals surface area (Å²) in [4.78, 5) is 0. The number of benzene rings is 2. The summed E-state index contributed by atoms with van der Waals surface area (Å²) >= 11 is 12.6. The van der Waals surface area contributed by atoms with E-state index in [1.54, 1.807) is 37.3 Å². The molecule has 0 saturated carbocycles. The molecule has 112 valence electrons. The van der Waals surface area contributed by atoms with Crippen LogP contribution in [0.4, 0.5) is 10.1 Å². The van der Waals surface area contributed by atoms with Crippen LogP contribution in [0.25, 0.3) is 0 Å². The van der Waals surface area contributed by atoms with Crippen LogP contribution in [0.2, 0.25) is 5.02 Å². The van der Waals surface area contributed by atoms with E-state index < -0.39 is 5.54 Å². The Morgan fingerprint density at radius 2 is 1.95 bits per heavy atom. The zero-order chi connectivity index (χ0) is 15.6. The fraction of sp³-hybridized carbons (Fsp3) is 0.200. The summed E-state index contributed by atoms with van der Waals surface area (Å²) < 4.78 is 15.6. The molecular formula is C15H13Br2ClFNO. The number of hydrogen-bond acceptors (Lipinski definition) is 2. The Bertz CT molecular complexity index is 668. The molecule has 2 rings (SSSR count). The highest BCUT2D eigenvalue weighted by Crippen LogP contribution is 2.32. The van der Waals surface area contributed by atoms with Crippen molar-refractivity contribution in [2.75, 3.05) is 11.9 Å². The van der Waals surface area contributed by atoms with Crippen LogP contribution in [-0.4, -0.2) is 11.7 Å². The van der Waals surface area contributed by atoms with Crippen LogP contribution >= 0.6 is 43.5 Å². The van der Waals surface area contributed by atoms with Crippen molar-refractivity contribution in [1.82, 2.24) is 0 Å². The Labute approximate surface area is 144 Å². The van der Waals surface area contributed by atoms with E-state index in [-0.39, 0.29) is 12.4 Å². The molecule has 0 fully saturated rings. The lowest BCUT2D eigenvalue weighted by molar-refractivity contribution is 0.220. The second kappa shape index (κ2) is 6.65. The third-order valence-electron chi connectivity index (χ3n) is 3.18. The van der Waals surface area contributed by atoms with Gasteiger partial charge in [0.1, 0.15) is 5.82 Å². The first-order valence-electron chi connectivity index (χ1n) is 6.15. The van der Waals surface area contributed by atoms with Gasteiger partial charge in [0.05, 0.1) is 17.2 Å². The summed E-state index contributed by atoms with van der Waals surface area (Å²) in [6.07, 6.45) is 0. The molecule has 2 aromatic carbocycles. The summed E-state index contributed by atoms with van der Waals surface area (Å²) in [7, 11) is 0. The van der Waals surface area contributed by atoms with Crippen molar-refractivity contribution < 1.29 is 9.50 Å². The molecule has 0 bridgehead atoms. The van der Waals surface area contributed by atoms with Gasteiger partial charge >= 0.3 is 0 Å². The zero-order valence-electron chi connectivity index (χ0n) is 11.1. The molecule has 0 aliphatic carbocycles. The quantitative estimate of drug-likeness (QED) is 0.678. The van der Waals surface area contributed by atoms with Gasteiger partial charge in [0, 0.05) is 20.2 Å². The topological polar surface area (TPSA) is 32.3 Å². The number of nitrogens with one attached hydrogen (secondary N) is 1. The van der Waals surface area contributed by atoms with Crippen LogP contribution < -0.4 is 5.32 Å². The van der Waals surface area contributed by atoms with Crippen molar-refractivity contribution in [3.8, 4) is 0 Å². The number of aliphatic hydroxyl groups is 1. The van der Waals surface area contributed by atoms with E-state index in [0.29, 0.717) is 10.6 Å². The van der Waals surface area contributed by atoms with Crippen molar-refractivity contribution >= 4 is 49.1 Å². The normalized spacial score (nSPS) is 13.8. The van der Waals surface area contributed by atoms with Crippen molar-refractivity contribution in [3.63, 3.8) is 0 Å². The minimum Gasteiger partial charge on any atom is -0.394 e. The summed E-state index contributed by atoms with van der Waals surface area (Å²) in [6.45, 7) is 1.47. The molecule has 0 saturated heterocycles. The maximum Gasteiger partial charge on any atom is 0.128 e. The number of aliphatic hydroxyl groups excluding tert-OH is 1. The van der Waals surface area contributed by atoms with Gasteiger partial charge in [-0.1, -0.05) is 27.5 Å². The van der Waals surface area contributed by atoms with E-state index in [1.807, 2.05) is 0 Å². The zero-order valence-corrected chi connectivity index (χ0v) is 15.1. The molecule has 0 amide bonds. The smallest absolute Gasteiger partial charge is 0.128 e. The standard InChI is InChI=1S/C15H13Br2ClFNO/c1-15(8-21,11-6-9(16)2-5-14(11)19)20-10-3-4-13(18)12(17)7-10/h2-7,20-21H,8H2,1H3. The lowest BCUT2D eigenvalue weighted by atomic mass is 9.92. The lowest BCUT2D eigenvalue weighted by Gasteiger charge is -2.31. The highest BCUT2D eigenvalue weighted by molar-refractivity contribution is 9.10. The first-order chi connectivity index (χ1) is 9.85. The maximum absolute atomic E-state index is 14.1. The summed E-state index contributed by atoms with van der Waals surface area (Å²) in [6, 6.07) is 9.93. The van der Waals surface area contributed by atoms with Crippen LogP contribution in [-0.2, 0) is 5.54 Å². The second-order valence-corrected chi connectivity index (χ2v) is 7.05. The fourth-order valence-corrected chi connectivity index (χ4v) is 2.86. The van der Waals surface area contributed by atoms with Gasteiger partial charge < -0.3 is 10.4 Å². The molecule has 0 aliphatic heterocycles. The van der Waals surface area contributed by atoms with Gasteiger partial charge in [0.2, 0.25) is 0 Å². The van der Waals surface area contributed by atoms with Crippen LogP contribution in [0.5, 0.6) is 0 Å². The van der Waals surface area contributed by atoms with Gasteiger partial charge in [-0.15, -0.1) is 0 Å². The fourth-order valence-electron chi connectivity index (χ4n) is 2.00. The minimum absolute atomic E-state index is 0.263. The van der Waals surface area contributed by atoms with Gasteiger partial charge in [-0.25, -0.2) is 4.39 Å². The van der Waals surface area contributed by atoms with E-state index >= 15 is 0 Å². The molecule has 21 heavy (non-hydrogen) atoms. The number of hydrogen-bond donors (Lipinski definition) is 2. The lowest BCUT2D eigenvalue weighted by Crippen LogP contribution is -2.36. The summed E-state index contributed by atoms with van der Waals surface area (Å²) in [5, 5.41) is 13.5. The molecule has 1 atom stereocenters. The van der Waals surface area contributed by atoms with Gasteiger partial charge in [-0.2, -0.15) is 0 Å². The van der Waals surface area contributed by atoms with Crippen molar-refractivity contribution in [3.05, 3.63) is 61.7 Å². The Balaban J connectivity index is 2.41. The predicted octanol–water partition coefficient (Wildman–Crippen LogP) is 5.32. The Morgan fingerprint density at radius 3 is 2.57 bits per heavy atom. The van der Waals surface area contributed by atoms with E-state index in [9.17, 15) is 9.50 Å². The van der Waals surface area contributed by atoms with Gasteiger partial charge in [0.25, 0.3) is 0 Å². The van der Waals surface area contributed by atoms with Gasteiger partial charge in [0.15, 0.2) is 0 Å². The van der Waals surface area contributed by atoms with Crippen LogP contribution in [0.1, 0.15) is 12.5 Å². The van der Waals surface area contributed by atoms with Crippen LogP contribution in [0.15, 0.2) is 45.3 Å². The first-order valence-corrected chi connectivity index (χ1v) is 8.12. The maximum atomic E-state index is 14.1. The molecule has 2 aromatic rings. The summed E-state index contributed by atoms with van der Waals surface area (Å²) in [5.74, 6) is -0.379. The second-order valence-electron chi connectivity index (χ2n) is 4.87. The van der Waals surface area contributed by atoms with Gasteiger partial charge in [-0.3, -0.25) is 0 Å². The first kappa shape index (κ1) is 16.7. The molecule has 0 spiro atoms. The monoisotopic (exact) mass is 435 g/mol. The number of rotatable bonds is 4. The third kappa shape index (κ3) is 3.77. The number of halogens is 4. The largest absolute Gasteiger partial charge is 0.394 e. The van der Waals surface area contributed by atoms with Crippen molar-refractivity contribution in [2.45, 2.75) is 12.5 Å². The Morgan fingerprint density at radius 1 is 1.24 bits per heavy atom. The SMILES string of the molecule is CC(CO)(Nc1ccc(Cl)c(Br)c1)c1cc(Br)ccc1F. The van der Waals surface area contributed by atoms with Crippen LogP contribution in [0.3, 0.4) is 0 Å². The molecule has 0 heterocycles. The number of anilines is 1. The highest BCUT2D eigenvalue weighted by atomic mass is 79.9. The van der Waals surface area contributed by atoms with Crippen molar-refractivity contribution in [2.24, 2.45) is 0 Å². The Hall–Kier alpha value is -0.620. The summed E-state index contributed by atoms with van der Waals surface area (Å²) in [5.41, 5.74) is 0.147. The van der Waals surface area contributed by atoms with Gasteiger partial charge in [-0.05, 0) is 59.3 Å². The van der Waals surface area contributed by atoms with E-state index in [0.717, 1.165) is 14.6 Å². The molecule has 0 aliphatic rings. The molecule has 2 N–H and O–H groups in total. The van der Waals surface area contributed by atoms with E-state index in [2.05, 4.69) is 37.2 Å². The third-order valence-corrected chi connectivity index (χ3v) is 4.89. The predicted molar refractivity (Wildman–Crippen MR) is 91.3 cm³/mol. The molecule has 0 aromatic heterocycles. The van der Waals surface area contributed by atoms with E-state index in [4.69, 9.17) is 11.6 Å². The van der Waals surface area contributed by atoms with Crippen molar-refractivity contribution in [1.29, 1.82) is 0 Å². The molecule has 2 nitrogen and oxygen atoms in total. The average Bonchev–Trinajstić information content (AvgIpc) is 2.45.